The molecule has 1 aliphatic rings. The quantitative estimate of drug-likeness (QED) is 0.799. The molecule has 130 valence electrons. The number of piperidine rings is 1. The molecule has 2 aromatic rings. The van der Waals surface area contributed by atoms with Crippen molar-refractivity contribution in [2.45, 2.75) is 38.0 Å². The van der Waals surface area contributed by atoms with E-state index in [0.717, 1.165) is 38.2 Å². The van der Waals surface area contributed by atoms with Crippen molar-refractivity contribution >= 4 is 22.4 Å². The number of hydrogen-bond donors (Lipinski definition) is 3. The SMILES string of the molecule is CC(Nc1nccc2cnc(N[C@H]3CCCNC3)cc12)C(F)(F)F. The van der Waals surface area contributed by atoms with Crippen molar-refractivity contribution in [1.29, 1.82) is 0 Å². The van der Waals surface area contributed by atoms with Gasteiger partial charge in [0.25, 0.3) is 0 Å². The molecule has 0 spiro atoms. The van der Waals surface area contributed by atoms with Gasteiger partial charge in [0.05, 0.1) is 0 Å². The fraction of sp³-hybridized carbons (Fsp3) is 0.500. The van der Waals surface area contributed by atoms with E-state index in [1.54, 1.807) is 18.3 Å². The van der Waals surface area contributed by atoms with Gasteiger partial charge in [0.15, 0.2) is 0 Å². The molecule has 1 fully saturated rings. The first-order chi connectivity index (χ1) is 11.4. The molecule has 1 aliphatic heterocycles. The molecule has 2 aromatic heterocycles. The molecule has 8 heteroatoms. The molecule has 0 radical (unpaired) electrons. The van der Waals surface area contributed by atoms with Gasteiger partial charge in [-0.05, 0) is 38.4 Å². The van der Waals surface area contributed by atoms with E-state index >= 15 is 0 Å². The van der Waals surface area contributed by atoms with Crippen molar-refractivity contribution < 1.29 is 13.2 Å². The van der Waals surface area contributed by atoms with Crippen molar-refractivity contribution in [2.75, 3.05) is 23.7 Å². The molecule has 1 saturated heterocycles. The highest BCUT2D eigenvalue weighted by atomic mass is 19.4. The number of pyridine rings is 2. The summed E-state index contributed by atoms with van der Waals surface area (Å²) >= 11 is 0. The Morgan fingerprint density at radius 1 is 1.33 bits per heavy atom. The second-order valence-electron chi connectivity index (χ2n) is 6.05. The van der Waals surface area contributed by atoms with Gasteiger partial charge in [-0.2, -0.15) is 13.2 Å². The summed E-state index contributed by atoms with van der Waals surface area (Å²) in [6, 6.07) is 2.08. The lowest BCUT2D eigenvalue weighted by Gasteiger charge is -2.24. The Morgan fingerprint density at radius 2 is 2.17 bits per heavy atom. The minimum Gasteiger partial charge on any atom is -0.366 e. The van der Waals surface area contributed by atoms with E-state index in [2.05, 4.69) is 25.9 Å². The fourth-order valence-electron chi connectivity index (χ4n) is 2.73. The topological polar surface area (TPSA) is 61.9 Å². The molecule has 3 rings (SSSR count). The Morgan fingerprint density at radius 3 is 2.88 bits per heavy atom. The first kappa shape index (κ1) is 16.8. The summed E-state index contributed by atoms with van der Waals surface area (Å²) in [5, 5.41) is 10.5. The van der Waals surface area contributed by atoms with Crippen LogP contribution in [0.4, 0.5) is 24.8 Å². The Bertz CT molecular complexity index is 698. The van der Waals surface area contributed by atoms with E-state index < -0.39 is 12.2 Å². The van der Waals surface area contributed by atoms with Crippen LogP contribution in [0.25, 0.3) is 10.8 Å². The number of nitrogens with one attached hydrogen (secondary N) is 3. The summed E-state index contributed by atoms with van der Waals surface area (Å²) < 4.78 is 38.4. The number of hydrogen-bond acceptors (Lipinski definition) is 5. The molecule has 0 aliphatic carbocycles. The monoisotopic (exact) mass is 339 g/mol. The third kappa shape index (κ3) is 3.87. The molecule has 24 heavy (non-hydrogen) atoms. The Hall–Kier alpha value is -2.09. The van der Waals surface area contributed by atoms with E-state index in [-0.39, 0.29) is 11.9 Å². The minimum atomic E-state index is -4.33. The van der Waals surface area contributed by atoms with Gasteiger partial charge in [-0.1, -0.05) is 0 Å². The average molecular weight is 339 g/mol. The highest BCUT2D eigenvalue weighted by molar-refractivity contribution is 5.92. The third-order valence-corrected chi connectivity index (χ3v) is 4.14. The zero-order chi connectivity index (χ0) is 17.2. The van der Waals surface area contributed by atoms with Gasteiger partial charge in [-0.3, -0.25) is 0 Å². The minimum absolute atomic E-state index is 0.213. The predicted molar refractivity (Wildman–Crippen MR) is 88.2 cm³/mol. The van der Waals surface area contributed by atoms with Gasteiger partial charge >= 0.3 is 6.18 Å². The zero-order valence-electron chi connectivity index (χ0n) is 13.3. The van der Waals surface area contributed by atoms with Gasteiger partial charge in [0, 0.05) is 35.8 Å². The largest absolute Gasteiger partial charge is 0.408 e. The van der Waals surface area contributed by atoms with Crippen LogP contribution in [0.15, 0.2) is 24.5 Å². The lowest BCUT2D eigenvalue weighted by atomic mass is 10.1. The highest BCUT2D eigenvalue weighted by Crippen LogP contribution is 2.28. The van der Waals surface area contributed by atoms with Crippen LogP contribution in [0.5, 0.6) is 0 Å². The zero-order valence-corrected chi connectivity index (χ0v) is 13.3. The molecule has 1 unspecified atom stereocenters. The summed E-state index contributed by atoms with van der Waals surface area (Å²) in [6.45, 7) is 2.94. The van der Waals surface area contributed by atoms with Crippen LogP contribution >= 0.6 is 0 Å². The average Bonchev–Trinajstić information content (AvgIpc) is 2.55. The standard InChI is InChI=1S/C16H20F3N5/c1-10(16(17,18)19)23-15-13-7-14(22-8-11(13)4-6-21-15)24-12-3-2-5-20-9-12/h4,6-8,10,12,20H,2-3,5,9H2,1H3,(H,21,23)(H,22,24)/t10?,12-/m0/s1. The number of alkyl halides is 3. The molecule has 3 heterocycles. The first-order valence-electron chi connectivity index (χ1n) is 7.99. The Kier molecular flexibility index (Phi) is 4.75. The predicted octanol–water partition coefficient (Wildman–Crippen LogP) is 3.16. The van der Waals surface area contributed by atoms with Gasteiger partial charge in [0.1, 0.15) is 17.7 Å². The van der Waals surface area contributed by atoms with Crippen molar-refractivity contribution in [2.24, 2.45) is 0 Å². The summed E-state index contributed by atoms with van der Waals surface area (Å²) in [4.78, 5) is 8.42. The Labute approximate surface area is 138 Å². The third-order valence-electron chi connectivity index (χ3n) is 4.14. The van der Waals surface area contributed by atoms with Crippen molar-refractivity contribution in [3.05, 3.63) is 24.5 Å². The molecule has 0 amide bonds. The van der Waals surface area contributed by atoms with Gasteiger partial charge in [-0.25, -0.2) is 9.97 Å². The van der Waals surface area contributed by atoms with E-state index in [4.69, 9.17) is 0 Å². The van der Waals surface area contributed by atoms with Crippen LogP contribution < -0.4 is 16.0 Å². The van der Waals surface area contributed by atoms with Gasteiger partial charge < -0.3 is 16.0 Å². The molecular formula is C16H20F3N5. The van der Waals surface area contributed by atoms with Crippen LogP contribution in [-0.2, 0) is 0 Å². The highest BCUT2D eigenvalue weighted by Gasteiger charge is 2.36. The number of aromatic nitrogens is 2. The molecular weight excluding hydrogens is 319 g/mol. The van der Waals surface area contributed by atoms with Crippen molar-refractivity contribution in [3.8, 4) is 0 Å². The maximum absolute atomic E-state index is 12.8. The molecule has 3 N–H and O–H groups in total. The number of fused-ring (bicyclic) bond motifs is 1. The second-order valence-corrected chi connectivity index (χ2v) is 6.05. The molecule has 0 bridgehead atoms. The molecule has 5 nitrogen and oxygen atoms in total. The van der Waals surface area contributed by atoms with Crippen LogP contribution in [-0.4, -0.2) is 41.3 Å². The summed E-state index contributed by atoms with van der Waals surface area (Å²) in [5.74, 6) is 0.858. The lowest BCUT2D eigenvalue weighted by Crippen LogP contribution is -2.38. The first-order valence-corrected chi connectivity index (χ1v) is 7.99. The summed E-state index contributed by atoms with van der Waals surface area (Å²) in [5.41, 5.74) is 0. The number of nitrogens with zero attached hydrogens (tertiary/aromatic N) is 2. The maximum Gasteiger partial charge on any atom is 0.408 e. The van der Waals surface area contributed by atoms with Crippen LogP contribution in [0.1, 0.15) is 19.8 Å². The van der Waals surface area contributed by atoms with Crippen molar-refractivity contribution in [1.82, 2.24) is 15.3 Å². The normalized spacial score (nSPS) is 19.9. The second kappa shape index (κ2) is 6.80. The number of anilines is 2. The molecule has 2 atom stereocenters. The van der Waals surface area contributed by atoms with Crippen LogP contribution in [0, 0.1) is 0 Å². The Balaban J connectivity index is 1.85. The number of rotatable bonds is 4. The maximum atomic E-state index is 12.8. The lowest BCUT2D eigenvalue weighted by molar-refractivity contribution is -0.138. The summed E-state index contributed by atoms with van der Waals surface area (Å²) in [7, 11) is 0. The molecule has 0 saturated carbocycles. The fourth-order valence-corrected chi connectivity index (χ4v) is 2.73. The van der Waals surface area contributed by atoms with E-state index in [0.29, 0.717) is 11.2 Å². The van der Waals surface area contributed by atoms with Crippen LogP contribution in [0.2, 0.25) is 0 Å². The summed E-state index contributed by atoms with van der Waals surface area (Å²) in [6.07, 6.45) is 0.928. The van der Waals surface area contributed by atoms with Gasteiger partial charge in [-0.15, -0.1) is 0 Å². The number of halogens is 3. The van der Waals surface area contributed by atoms with E-state index in [1.165, 1.54) is 6.20 Å². The van der Waals surface area contributed by atoms with Gasteiger partial charge in [0.2, 0.25) is 0 Å². The molecule has 0 aromatic carbocycles. The van der Waals surface area contributed by atoms with E-state index in [9.17, 15) is 13.2 Å². The van der Waals surface area contributed by atoms with E-state index in [1.807, 2.05) is 0 Å². The smallest absolute Gasteiger partial charge is 0.366 e. The van der Waals surface area contributed by atoms with Crippen LogP contribution in [0.3, 0.4) is 0 Å². The van der Waals surface area contributed by atoms with Crippen molar-refractivity contribution in [3.63, 3.8) is 0 Å².